The van der Waals surface area contributed by atoms with E-state index in [2.05, 4.69) is 27.0 Å². The van der Waals surface area contributed by atoms with Crippen LogP contribution in [0.2, 0.25) is 0 Å². The molecule has 3 aliphatic rings. The van der Waals surface area contributed by atoms with Gasteiger partial charge in [0.25, 0.3) is 0 Å². The summed E-state index contributed by atoms with van der Waals surface area (Å²) in [5.74, 6) is 4.68. The minimum Gasteiger partial charge on any atom is -0.462 e. The SMILES string of the molecule is C=C(C)C(=O)OCCCC1CC(C2CCC(C3CCC(CC)CC3)CC2CCC)CC(CCCOC(=O)C(=C)C)C1OCCC(CO)CO. The van der Waals surface area contributed by atoms with Crippen molar-refractivity contribution in [3.05, 3.63) is 24.3 Å². The van der Waals surface area contributed by atoms with Gasteiger partial charge in [-0.1, -0.05) is 59.1 Å². The molecule has 0 aromatic heterocycles. The smallest absolute Gasteiger partial charge is 0.333 e. The van der Waals surface area contributed by atoms with Crippen molar-refractivity contribution in [1.82, 2.24) is 0 Å². The number of hydrogen-bond acceptors (Lipinski definition) is 7. The number of hydrogen-bond donors (Lipinski definition) is 2. The van der Waals surface area contributed by atoms with E-state index in [9.17, 15) is 19.8 Å². The van der Waals surface area contributed by atoms with Crippen molar-refractivity contribution in [2.45, 2.75) is 143 Å². The van der Waals surface area contributed by atoms with E-state index < -0.39 is 0 Å². The highest BCUT2D eigenvalue weighted by atomic mass is 16.5. The third kappa shape index (κ3) is 13.4. The lowest BCUT2D eigenvalue weighted by Crippen LogP contribution is -2.44. The normalized spacial score (nSPS) is 30.6. The van der Waals surface area contributed by atoms with Crippen molar-refractivity contribution in [3.63, 3.8) is 0 Å². The number of carbonyl (C=O) groups is 2. The molecule has 3 rings (SSSR count). The Balaban J connectivity index is 1.78. The zero-order chi connectivity index (χ0) is 35.8. The van der Waals surface area contributed by atoms with Crippen molar-refractivity contribution in [2.75, 3.05) is 33.0 Å². The minimum atomic E-state index is -0.335. The van der Waals surface area contributed by atoms with E-state index in [1.54, 1.807) is 13.8 Å². The van der Waals surface area contributed by atoms with Crippen LogP contribution in [-0.4, -0.2) is 61.3 Å². The van der Waals surface area contributed by atoms with Gasteiger partial charge in [-0.3, -0.25) is 0 Å². The molecular formula is C42H72O7. The van der Waals surface area contributed by atoms with Crippen LogP contribution in [0.4, 0.5) is 0 Å². The first-order valence-electron chi connectivity index (χ1n) is 20.1. The van der Waals surface area contributed by atoms with Crippen molar-refractivity contribution < 1.29 is 34.0 Å². The van der Waals surface area contributed by atoms with E-state index in [0.29, 0.717) is 55.1 Å². The highest BCUT2D eigenvalue weighted by Gasteiger charge is 2.44. The highest BCUT2D eigenvalue weighted by Crippen LogP contribution is 2.52. The van der Waals surface area contributed by atoms with Gasteiger partial charge in [-0.15, -0.1) is 0 Å². The second-order valence-electron chi connectivity index (χ2n) is 16.2. The number of aliphatic hydroxyl groups excluding tert-OH is 2. The lowest BCUT2D eigenvalue weighted by atomic mass is 9.58. The molecule has 282 valence electrons. The van der Waals surface area contributed by atoms with Gasteiger partial charge in [0.2, 0.25) is 0 Å². The molecule has 5 atom stereocenters. The average molecular weight is 689 g/mol. The summed E-state index contributed by atoms with van der Waals surface area (Å²) in [5, 5.41) is 19.4. The Kier molecular flexibility index (Phi) is 19.0. The second kappa shape index (κ2) is 22.3. The summed E-state index contributed by atoms with van der Waals surface area (Å²) in [6, 6.07) is 0. The first kappa shape index (κ1) is 41.7. The Hall–Kier alpha value is -1.70. The van der Waals surface area contributed by atoms with Crippen molar-refractivity contribution in [3.8, 4) is 0 Å². The standard InChI is InChI=1S/C42H72O7/c1-7-11-35-24-34(33-16-14-31(8-2)15-17-33)18-19-39(35)38-25-36(12-9-21-48-41(45)29(3)4)40(47-23-20-32(27-43)28-44)37(26-38)13-10-22-49-42(46)30(5)6/h31-40,43-44H,3,5,7-28H2,1-2,4,6H3. The van der Waals surface area contributed by atoms with Gasteiger partial charge < -0.3 is 24.4 Å². The molecule has 3 saturated carbocycles. The molecule has 0 aliphatic heterocycles. The van der Waals surface area contributed by atoms with Gasteiger partial charge in [0.15, 0.2) is 0 Å². The van der Waals surface area contributed by atoms with Gasteiger partial charge in [-0.2, -0.15) is 0 Å². The molecule has 5 unspecified atom stereocenters. The highest BCUT2D eigenvalue weighted by molar-refractivity contribution is 5.87. The zero-order valence-corrected chi connectivity index (χ0v) is 31.7. The molecule has 7 heteroatoms. The number of carbonyl (C=O) groups excluding carboxylic acids is 2. The lowest BCUT2D eigenvalue weighted by Gasteiger charge is -2.49. The van der Waals surface area contributed by atoms with E-state index in [-0.39, 0.29) is 37.2 Å². The molecule has 3 fully saturated rings. The van der Waals surface area contributed by atoms with Crippen LogP contribution in [0, 0.1) is 53.3 Å². The predicted octanol–water partition coefficient (Wildman–Crippen LogP) is 8.85. The Labute approximate surface area is 299 Å². The van der Waals surface area contributed by atoms with Crippen LogP contribution in [0.25, 0.3) is 0 Å². The second-order valence-corrected chi connectivity index (χ2v) is 16.2. The summed E-state index contributed by atoms with van der Waals surface area (Å²) < 4.78 is 17.7. The number of ether oxygens (including phenoxy) is 3. The molecule has 7 nitrogen and oxygen atoms in total. The van der Waals surface area contributed by atoms with Gasteiger partial charge in [-0.25, -0.2) is 9.59 Å². The summed E-state index contributed by atoms with van der Waals surface area (Å²) in [7, 11) is 0. The Morgan fingerprint density at radius 2 is 1.22 bits per heavy atom. The Morgan fingerprint density at radius 1 is 0.694 bits per heavy atom. The summed E-state index contributed by atoms with van der Waals surface area (Å²) in [6.07, 6.45) is 20.0. The number of esters is 2. The monoisotopic (exact) mass is 689 g/mol. The number of rotatable bonds is 21. The fraction of sp³-hybridized carbons (Fsp3) is 0.857. The molecule has 0 saturated heterocycles. The molecule has 49 heavy (non-hydrogen) atoms. The molecule has 2 N–H and O–H groups in total. The maximum absolute atomic E-state index is 12.1. The molecule has 0 spiro atoms. The summed E-state index contributed by atoms with van der Waals surface area (Å²) >= 11 is 0. The van der Waals surface area contributed by atoms with Crippen LogP contribution in [0.15, 0.2) is 24.3 Å². The van der Waals surface area contributed by atoms with Crippen molar-refractivity contribution in [2.24, 2.45) is 53.3 Å². The van der Waals surface area contributed by atoms with Crippen LogP contribution in [0.5, 0.6) is 0 Å². The Bertz CT molecular complexity index is 953. The maximum atomic E-state index is 12.1. The van der Waals surface area contributed by atoms with Gasteiger partial charge in [-0.05, 0) is 138 Å². The lowest BCUT2D eigenvalue weighted by molar-refractivity contribution is -0.139. The van der Waals surface area contributed by atoms with Crippen LogP contribution in [-0.2, 0) is 23.8 Å². The van der Waals surface area contributed by atoms with E-state index in [0.717, 1.165) is 68.1 Å². The van der Waals surface area contributed by atoms with Crippen LogP contribution in [0.3, 0.4) is 0 Å². The molecule has 0 aromatic rings. The van der Waals surface area contributed by atoms with Gasteiger partial charge >= 0.3 is 11.9 Å². The topological polar surface area (TPSA) is 102 Å². The maximum Gasteiger partial charge on any atom is 0.333 e. The largest absolute Gasteiger partial charge is 0.462 e. The van der Waals surface area contributed by atoms with Gasteiger partial charge in [0.1, 0.15) is 0 Å². The quantitative estimate of drug-likeness (QED) is 0.0706. The third-order valence-corrected chi connectivity index (χ3v) is 12.6. The van der Waals surface area contributed by atoms with E-state index in [1.807, 2.05) is 0 Å². The zero-order valence-electron chi connectivity index (χ0n) is 31.7. The molecule has 0 amide bonds. The van der Waals surface area contributed by atoms with Crippen LogP contribution in [0.1, 0.15) is 137 Å². The molecule has 0 heterocycles. The summed E-state index contributed by atoms with van der Waals surface area (Å²) in [6.45, 7) is 16.7. The van der Waals surface area contributed by atoms with Gasteiger partial charge in [0.05, 0.1) is 19.3 Å². The fourth-order valence-corrected chi connectivity index (χ4v) is 9.73. The summed E-state index contributed by atoms with van der Waals surface area (Å²) in [5.41, 5.74) is 0.842. The minimum absolute atomic E-state index is 0.0395. The first-order valence-corrected chi connectivity index (χ1v) is 20.1. The number of aliphatic hydroxyl groups is 2. The van der Waals surface area contributed by atoms with Gasteiger partial charge in [0, 0.05) is 36.9 Å². The van der Waals surface area contributed by atoms with E-state index in [1.165, 1.54) is 64.2 Å². The molecule has 0 radical (unpaired) electrons. The van der Waals surface area contributed by atoms with Crippen LogP contribution < -0.4 is 0 Å². The molecule has 3 aliphatic carbocycles. The fourth-order valence-electron chi connectivity index (χ4n) is 9.73. The average Bonchev–Trinajstić information content (AvgIpc) is 3.10. The van der Waals surface area contributed by atoms with E-state index in [4.69, 9.17) is 14.2 Å². The van der Waals surface area contributed by atoms with Crippen molar-refractivity contribution in [1.29, 1.82) is 0 Å². The van der Waals surface area contributed by atoms with Crippen molar-refractivity contribution >= 4 is 11.9 Å². The van der Waals surface area contributed by atoms with E-state index >= 15 is 0 Å². The first-order chi connectivity index (χ1) is 23.6. The predicted molar refractivity (Wildman–Crippen MR) is 197 cm³/mol. The summed E-state index contributed by atoms with van der Waals surface area (Å²) in [4.78, 5) is 24.2. The Morgan fingerprint density at radius 3 is 1.71 bits per heavy atom. The molecule has 0 aromatic carbocycles. The third-order valence-electron chi connectivity index (χ3n) is 12.6. The molecule has 0 bridgehead atoms. The van der Waals surface area contributed by atoms with Crippen LogP contribution >= 0.6 is 0 Å². The molecular weight excluding hydrogens is 616 g/mol.